The number of benzene rings is 2. The molecule has 4 aromatic rings. The van der Waals surface area contributed by atoms with Crippen LogP contribution in [0.1, 0.15) is 5.56 Å². The SMILES string of the molecule is COc1ccc2c(c1)ncc1ncn(Cc3cccc(SC)c3)c12. The molecule has 2 aromatic heterocycles. The van der Waals surface area contributed by atoms with Crippen LogP contribution in [0.3, 0.4) is 0 Å². The third-order valence-corrected chi connectivity index (χ3v) is 4.86. The predicted molar refractivity (Wildman–Crippen MR) is 98.9 cm³/mol. The van der Waals surface area contributed by atoms with E-state index in [0.717, 1.165) is 34.2 Å². The van der Waals surface area contributed by atoms with E-state index in [0.29, 0.717) is 0 Å². The van der Waals surface area contributed by atoms with Gasteiger partial charge in [0, 0.05) is 22.9 Å². The summed E-state index contributed by atoms with van der Waals surface area (Å²) in [6.07, 6.45) is 5.81. The maximum Gasteiger partial charge on any atom is 0.121 e. The van der Waals surface area contributed by atoms with Crippen molar-refractivity contribution in [3.05, 3.63) is 60.6 Å². The van der Waals surface area contributed by atoms with Crippen molar-refractivity contribution in [3.8, 4) is 5.75 Å². The van der Waals surface area contributed by atoms with E-state index < -0.39 is 0 Å². The maximum atomic E-state index is 5.30. The molecule has 0 aliphatic carbocycles. The van der Waals surface area contributed by atoms with Crippen LogP contribution in [0.4, 0.5) is 0 Å². The van der Waals surface area contributed by atoms with E-state index in [1.54, 1.807) is 18.9 Å². The van der Waals surface area contributed by atoms with Gasteiger partial charge in [0.1, 0.15) is 11.3 Å². The number of aromatic nitrogens is 3. The lowest BCUT2D eigenvalue weighted by atomic mass is 10.1. The topological polar surface area (TPSA) is 39.9 Å². The highest BCUT2D eigenvalue weighted by molar-refractivity contribution is 7.98. The molecule has 0 aliphatic heterocycles. The molecule has 120 valence electrons. The second-order valence-electron chi connectivity index (χ2n) is 5.60. The lowest BCUT2D eigenvalue weighted by molar-refractivity contribution is 0.415. The summed E-state index contributed by atoms with van der Waals surface area (Å²) in [6, 6.07) is 14.6. The van der Waals surface area contributed by atoms with E-state index in [9.17, 15) is 0 Å². The molecule has 0 amide bonds. The van der Waals surface area contributed by atoms with E-state index in [1.165, 1.54) is 10.5 Å². The van der Waals surface area contributed by atoms with E-state index in [4.69, 9.17) is 4.74 Å². The van der Waals surface area contributed by atoms with E-state index in [2.05, 4.69) is 51.1 Å². The first-order chi connectivity index (χ1) is 11.8. The van der Waals surface area contributed by atoms with Crippen LogP contribution in [0.2, 0.25) is 0 Å². The average molecular weight is 335 g/mol. The van der Waals surface area contributed by atoms with Crippen LogP contribution in [-0.4, -0.2) is 27.9 Å². The van der Waals surface area contributed by atoms with Crippen molar-refractivity contribution >= 4 is 33.7 Å². The summed E-state index contributed by atoms with van der Waals surface area (Å²) in [5.74, 6) is 0.813. The van der Waals surface area contributed by atoms with Gasteiger partial charge in [-0.15, -0.1) is 11.8 Å². The number of methoxy groups -OCH3 is 1. The highest BCUT2D eigenvalue weighted by Gasteiger charge is 2.10. The highest BCUT2D eigenvalue weighted by Crippen LogP contribution is 2.27. The molecule has 0 fully saturated rings. The van der Waals surface area contributed by atoms with Crippen molar-refractivity contribution in [3.63, 3.8) is 0 Å². The largest absolute Gasteiger partial charge is 0.497 e. The van der Waals surface area contributed by atoms with Crippen LogP contribution in [0.5, 0.6) is 5.75 Å². The number of rotatable bonds is 4. The summed E-state index contributed by atoms with van der Waals surface area (Å²) < 4.78 is 7.49. The molecule has 5 heteroatoms. The number of hydrogen-bond donors (Lipinski definition) is 0. The molecule has 0 spiro atoms. The number of ether oxygens (including phenoxy) is 1. The maximum absolute atomic E-state index is 5.30. The van der Waals surface area contributed by atoms with Gasteiger partial charge >= 0.3 is 0 Å². The molecular formula is C19H17N3OS. The summed E-state index contributed by atoms with van der Waals surface area (Å²) in [5.41, 5.74) is 4.20. The van der Waals surface area contributed by atoms with Crippen LogP contribution in [0.25, 0.3) is 21.9 Å². The van der Waals surface area contributed by atoms with Gasteiger partial charge in [0.05, 0.1) is 30.7 Å². The van der Waals surface area contributed by atoms with Gasteiger partial charge in [-0.05, 0) is 36.1 Å². The molecule has 0 saturated carbocycles. The van der Waals surface area contributed by atoms with Crippen LogP contribution in [0.15, 0.2) is 59.9 Å². The third-order valence-electron chi connectivity index (χ3n) is 4.14. The standard InChI is InChI=1S/C19H17N3OS/c1-23-14-6-7-16-17(9-14)20-10-18-19(16)22(12-21-18)11-13-4-3-5-15(8-13)24-2/h3-10,12H,11H2,1-2H3. The number of fused-ring (bicyclic) bond motifs is 3. The second kappa shape index (κ2) is 6.17. The summed E-state index contributed by atoms with van der Waals surface area (Å²) in [4.78, 5) is 10.3. The summed E-state index contributed by atoms with van der Waals surface area (Å²) in [6.45, 7) is 0.788. The van der Waals surface area contributed by atoms with Crippen molar-refractivity contribution in [1.82, 2.24) is 14.5 Å². The zero-order valence-corrected chi connectivity index (χ0v) is 14.4. The minimum Gasteiger partial charge on any atom is -0.497 e. The molecular weight excluding hydrogens is 318 g/mol. The minimum absolute atomic E-state index is 0.788. The lowest BCUT2D eigenvalue weighted by Gasteiger charge is -2.08. The highest BCUT2D eigenvalue weighted by atomic mass is 32.2. The molecule has 0 bridgehead atoms. The zero-order valence-electron chi connectivity index (χ0n) is 13.6. The third kappa shape index (κ3) is 2.61. The zero-order chi connectivity index (χ0) is 16.5. The van der Waals surface area contributed by atoms with Crippen LogP contribution >= 0.6 is 11.8 Å². The van der Waals surface area contributed by atoms with Crippen molar-refractivity contribution < 1.29 is 4.74 Å². The summed E-state index contributed by atoms with van der Waals surface area (Å²) in [5, 5.41) is 1.09. The van der Waals surface area contributed by atoms with Crippen molar-refractivity contribution in [2.45, 2.75) is 11.4 Å². The first kappa shape index (κ1) is 15.0. The van der Waals surface area contributed by atoms with Gasteiger partial charge in [-0.1, -0.05) is 12.1 Å². The van der Waals surface area contributed by atoms with Gasteiger partial charge in [0.25, 0.3) is 0 Å². The Balaban J connectivity index is 1.84. The second-order valence-corrected chi connectivity index (χ2v) is 6.48. The molecule has 2 heterocycles. The Morgan fingerprint density at radius 2 is 2.00 bits per heavy atom. The molecule has 24 heavy (non-hydrogen) atoms. The Morgan fingerprint density at radius 3 is 2.83 bits per heavy atom. The fourth-order valence-electron chi connectivity index (χ4n) is 2.95. The molecule has 0 radical (unpaired) electrons. The number of nitrogens with zero attached hydrogens (tertiary/aromatic N) is 3. The molecule has 0 unspecified atom stereocenters. The van der Waals surface area contributed by atoms with Crippen LogP contribution < -0.4 is 4.74 Å². The molecule has 0 saturated heterocycles. The van der Waals surface area contributed by atoms with Gasteiger partial charge in [-0.3, -0.25) is 4.98 Å². The van der Waals surface area contributed by atoms with Crippen molar-refractivity contribution in [2.24, 2.45) is 0 Å². The monoisotopic (exact) mass is 335 g/mol. The van der Waals surface area contributed by atoms with Gasteiger partial charge in [-0.2, -0.15) is 0 Å². The van der Waals surface area contributed by atoms with E-state index in [-0.39, 0.29) is 0 Å². The number of imidazole rings is 1. The van der Waals surface area contributed by atoms with Crippen molar-refractivity contribution in [2.75, 3.05) is 13.4 Å². The molecule has 0 atom stereocenters. The van der Waals surface area contributed by atoms with Gasteiger partial charge in [0.2, 0.25) is 0 Å². The Hall–Kier alpha value is -2.53. The predicted octanol–water partition coefficient (Wildman–Crippen LogP) is 4.36. The quantitative estimate of drug-likeness (QED) is 0.519. The molecule has 0 aliphatic rings. The first-order valence-electron chi connectivity index (χ1n) is 7.69. The minimum atomic E-state index is 0.788. The number of pyridine rings is 1. The molecule has 4 rings (SSSR count). The first-order valence-corrected chi connectivity index (χ1v) is 8.91. The Labute approximate surface area is 144 Å². The van der Waals surface area contributed by atoms with Crippen LogP contribution in [0, 0.1) is 0 Å². The summed E-state index contributed by atoms with van der Waals surface area (Å²) in [7, 11) is 1.67. The molecule has 2 aromatic carbocycles. The fraction of sp³-hybridized carbons (Fsp3) is 0.158. The van der Waals surface area contributed by atoms with Gasteiger partial charge < -0.3 is 9.30 Å². The Kier molecular flexibility index (Phi) is 3.86. The number of hydrogen-bond acceptors (Lipinski definition) is 4. The smallest absolute Gasteiger partial charge is 0.121 e. The van der Waals surface area contributed by atoms with E-state index >= 15 is 0 Å². The Bertz CT molecular complexity index is 1030. The lowest BCUT2D eigenvalue weighted by Crippen LogP contribution is -1.99. The van der Waals surface area contributed by atoms with Gasteiger partial charge in [-0.25, -0.2) is 4.98 Å². The van der Waals surface area contributed by atoms with Gasteiger partial charge in [0.15, 0.2) is 0 Å². The fourth-order valence-corrected chi connectivity index (χ4v) is 3.43. The Morgan fingerprint density at radius 1 is 1.08 bits per heavy atom. The molecule has 4 nitrogen and oxygen atoms in total. The number of thioether (sulfide) groups is 1. The average Bonchev–Trinajstić information content (AvgIpc) is 3.04. The molecule has 0 N–H and O–H groups in total. The van der Waals surface area contributed by atoms with E-state index in [1.807, 2.05) is 24.7 Å². The van der Waals surface area contributed by atoms with Crippen LogP contribution in [-0.2, 0) is 6.54 Å². The summed E-state index contributed by atoms with van der Waals surface area (Å²) >= 11 is 1.76. The van der Waals surface area contributed by atoms with Crippen molar-refractivity contribution in [1.29, 1.82) is 0 Å². The normalized spacial score (nSPS) is 11.2.